The summed E-state index contributed by atoms with van der Waals surface area (Å²) in [5.41, 5.74) is -0.365. The number of hydrogen-bond donors (Lipinski definition) is 2. The van der Waals surface area contributed by atoms with Crippen LogP contribution in [0.3, 0.4) is 0 Å². The average Bonchev–Trinajstić information content (AvgIpc) is 3.46. The molecule has 1 fully saturated rings. The molecule has 0 bridgehead atoms. The molecule has 2 aliphatic heterocycles. The molecule has 0 radical (unpaired) electrons. The quantitative estimate of drug-likeness (QED) is 0.292. The van der Waals surface area contributed by atoms with Crippen molar-refractivity contribution in [2.45, 2.75) is 51.6 Å². The summed E-state index contributed by atoms with van der Waals surface area (Å²) in [6.07, 6.45) is 4.87. The fourth-order valence-corrected chi connectivity index (χ4v) is 6.00. The summed E-state index contributed by atoms with van der Waals surface area (Å²) in [5, 5.41) is 6.32. The highest BCUT2D eigenvalue weighted by Crippen LogP contribution is 2.32. The van der Waals surface area contributed by atoms with Crippen LogP contribution < -0.4 is 30.8 Å². The molecule has 13 heteroatoms. The first-order valence-corrected chi connectivity index (χ1v) is 15.0. The molecular formula is C34H30N4O9. The third-order valence-corrected chi connectivity index (χ3v) is 8.47. The van der Waals surface area contributed by atoms with Crippen LogP contribution in [0.1, 0.15) is 60.2 Å². The van der Waals surface area contributed by atoms with Gasteiger partial charge in [-0.3, -0.25) is 28.8 Å². The lowest BCUT2D eigenvalue weighted by Crippen LogP contribution is -2.53. The summed E-state index contributed by atoms with van der Waals surface area (Å²) in [7, 11) is 1.48. The first kappa shape index (κ1) is 31.1. The minimum absolute atomic E-state index is 0.00930. The van der Waals surface area contributed by atoms with E-state index >= 15 is 0 Å². The highest BCUT2D eigenvalue weighted by atomic mass is 16.5. The van der Waals surface area contributed by atoms with E-state index in [4.69, 9.17) is 9.15 Å². The Bertz CT molecular complexity index is 1960. The van der Waals surface area contributed by atoms with Crippen molar-refractivity contribution in [2.75, 3.05) is 16.9 Å². The summed E-state index contributed by atoms with van der Waals surface area (Å²) >= 11 is 0. The number of nitrogens with one attached hydrogen (secondary N) is 2. The maximum Gasteiger partial charge on any atom is 0.349 e. The highest BCUT2D eigenvalue weighted by Gasteiger charge is 2.35. The molecule has 0 saturated heterocycles. The fourth-order valence-electron chi connectivity index (χ4n) is 6.00. The molecule has 1 aromatic heterocycles. The van der Waals surface area contributed by atoms with Crippen molar-refractivity contribution in [2.24, 2.45) is 0 Å². The number of methoxy groups -OCH3 is 1. The zero-order valence-corrected chi connectivity index (χ0v) is 25.7. The van der Waals surface area contributed by atoms with Gasteiger partial charge in [-0.25, -0.2) is 14.6 Å². The van der Waals surface area contributed by atoms with Crippen LogP contribution in [0.5, 0.6) is 5.75 Å². The van der Waals surface area contributed by atoms with Gasteiger partial charge in [-0.2, -0.15) is 0 Å². The second-order valence-electron chi connectivity index (χ2n) is 11.6. The summed E-state index contributed by atoms with van der Waals surface area (Å²) in [4.78, 5) is 92.5. The van der Waals surface area contributed by atoms with E-state index < -0.39 is 53.2 Å². The Hall–Kier alpha value is -5.85. The van der Waals surface area contributed by atoms with Gasteiger partial charge in [0.15, 0.2) is 0 Å². The van der Waals surface area contributed by atoms with Gasteiger partial charge < -0.3 is 19.8 Å². The summed E-state index contributed by atoms with van der Waals surface area (Å²) < 4.78 is 10.5. The molecule has 13 nitrogen and oxygen atoms in total. The van der Waals surface area contributed by atoms with Crippen LogP contribution in [0.15, 0.2) is 75.0 Å². The predicted molar refractivity (Wildman–Crippen MR) is 169 cm³/mol. The second kappa shape index (κ2) is 12.2. The second-order valence-corrected chi connectivity index (χ2v) is 11.6. The topological polar surface area (TPSA) is 172 Å². The Kier molecular flexibility index (Phi) is 8.06. The Balaban J connectivity index is 1.27. The van der Waals surface area contributed by atoms with E-state index in [1.54, 1.807) is 18.2 Å². The van der Waals surface area contributed by atoms with Crippen LogP contribution in [0.25, 0.3) is 11.0 Å². The van der Waals surface area contributed by atoms with E-state index in [1.165, 1.54) is 45.2 Å². The molecule has 6 amide bonds. The number of rotatable bonds is 7. The smallest absolute Gasteiger partial charge is 0.349 e. The molecule has 1 saturated carbocycles. The summed E-state index contributed by atoms with van der Waals surface area (Å²) in [6, 6.07) is 9.23. The number of amides is 6. The van der Waals surface area contributed by atoms with Gasteiger partial charge in [-0.05, 0) is 63.1 Å². The molecule has 47 heavy (non-hydrogen) atoms. The number of ether oxygens (including phenoxy) is 1. The Morgan fingerprint density at radius 3 is 1.83 bits per heavy atom. The molecule has 2 N–H and O–H groups in total. The zero-order valence-electron chi connectivity index (χ0n) is 25.7. The fraction of sp³-hybridized carbons (Fsp3) is 0.265. The van der Waals surface area contributed by atoms with Crippen LogP contribution >= 0.6 is 0 Å². The third-order valence-electron chi connectivity index (χ3n) is 8.47. The standard InChI is InChI=1S/C34H30N4O9/c1-17-10-28(39)37(32(17)43)21-12-20(13-22(15-21)38-29(40)11-18(2)33(38)44)30(41)35-25-6-4-5-7-26(25)36-31(42)24-14-19-8-9-23(46-3)16-27(19)47-34(24)45/h8-16,25-26H,4-7H2,1-3H3,(H,35,41)(H,36,42). The molecular weight excluding hydrogens is 608 g/mol. The Labute approximate surface area is 267 Å². The van der Waals surface area contributed by atoms with Gasteiger partial charge in [0.25, 0.3) is 35.4 Å². The van der Waals surface area contributed by atoms with Gasteiger partial charge in [-0.15, -0.1) is 0 Å². The number of nitrogens with zero attached hydrogens (tertiary/aromatic N) is 2. The number of benzene rings is 2. The average molecular weight is 639 g/mol. The van der Waals surface area contributed by atoms with E-state index in [2.05, 4.69) is 10.6 Å². The van der Waals surface area contributed by atoms with Crippen LogP contribution in [0, 0.1) is 0 Å². The van der Waals surface area contributed by atoms with Gasteiger partial charge in [0.2, 0.25) is 0 Å². The lowest BCUT2D eigenvalue weighted by molar-refractivity contribution is -0.121. The molecule has 3 aromatic rings. The molecule has 6 rings (SSSR count). The Morgan fingerprint density at radius 1 is 0.766 bits per heavy atom. The van der Waals surface area contributed by atoms with Crippen LogP contribution in [0.4, 0.5) is 11.4 Å². The normalized spacial score (nSPS) is 19.6. The lowest BCUT2D eigenvalue weighted by Gasteiger charge is -2.33. The van der Waals surface area contributed by atoms with Gasteiger partial charge in [0.05, 0.1) is 18.5 Å². The van der Waals surface area contributed by atoms with Crippen molar-refractivity contribution in [1.29, 1.82) is 0 Å². The first-order chi connectivity index (χ1) is 22.4. The monoisotopic (exact) mass is 638 g/mol. The van der Waals surface area contributed by atoms with E-state index in [0.29, 0.717) is 24.0 Å². The van der Waals surface area contributed by atoms with Crippen LogP contribution in [0.2, 0.25) is 0 Å². The summed E-state index contributed by atoms with van der Waals surface area (Å²) in [6.45, 7) is 2.96. The number of carbonyl (C=O) groups is 6. The Morgan fingerprint density at radius 2 is 1.32 bits per heavy atom. The van der Waals surface area contributed by atoms with Gasteiger partial charge in [0, 0.05) is 52.4 Å². The van der Waals surface area contributed by atoms with E-state index in [1.807, 2.05) is 0 Å². The van der Waals surface area contributed by atoms with Crippen molar-refractivity contribution < 1.29 is 37.9 Å². The minimum Gasteiger partial charge on any atom is -0.497 e. The van der Waals surface area contributed by atoms with Gasteiger partial charge in [0.1, 0.15) is 16.9 Å². The van der Waals surface area contributed by atoms with E-state index in [9.17, 15) is 33.6 Å². The lowest BCUT2D eigenvalue weighted by atomic mass is 9.89. The number of imide groups is 2. The van der Waals surface area contributed by atoms with Gasteiger partial charge >= 0.3 is 5.63 Å². The maximum absolute atomic E-state index is 13.8. The van der Waals surface area contributed by atoms with E-state index in [-0.39, 0.29) is 39.2 Å². The molecule has 3 aliphatic rings. The maximum atomic E-state index is 13.8. The van der Waals surface area contributed by atoms with Crippen molar-refractivity contribution in [1.82, 2.24) is 10.6 Å². The number of hydrogen-bond acceptors (Lipinski definition) is 9. The predicted octanol–water partition coefficient (Wildman–Crippen LogP) is 2.91. The highest BCUT2D eigenvalue weighted by molar-refractivity contribution is 6.32. The van der Waals surface area contributed by atoms with Crippen molar-refractivity contribution >= 4 is 57.8 Å². The molecule has 2 atom stereocenters. The molecule has 240 valence electrons. The third kappa shape index (κ3) is 5.83. The first-order valence-electron chi connectivity index (χ1n) is 15.0. The molecule has 2 unspecified atom stereocenters. The molecule has 3 heterocycles. The van der Waals surface area contributed by atoms with Crippen molar-refractivity contribution in [3.63, 3.8) is 0 Å². The number of anilines is 2. The van der Waals surface area contributed by atoms with Crippen LogP contribution in [-0.4, -0.2) is 54.6 Å². The van der Waals surface area contributed by atoms with E-state index in [0.717, 1.165) is 34.8 Å². The van der Waals surface area contributed by atoms with Crippen LogP contribution in [-0.2, 0) is 19.2 Å². The number of carbonyl (C=O) groups excluding carboxylic acids is 6. The minimum atomic E-state index is -0.824. The molecule has 1 aliphatic carbocycles. The molecule has 0 spiro atoms. The van der Waals surface area contributed by atoms with Crippen molar-refractivity contribution in [3.05, 3.63) is 87.3 Å². The zero-order chi connectivity index (χ0) is 33.6. The summed E-state index contributed by atoms with van der Waals surface area (Å²) in [5.74, 6) is -3.24. The number of fused-ring (bicyclic) bond motifs is 1. The largest absolute Gasteiger partial charge is 0.497 e. The SMILES string of the molecule is COc1ccc2cc(C(=O)NC3CCCCC3NC(=O)c3cc(N4C(=O)C=C(C)C4=O)cc(N4C(=O)C=C(C)C4=O)c3)c(=O)oc2c1. The molecule has 2 aromatic carbocycles. The van der Waals surface area contributed by atoms with Gasteiger partial charge in [-0.1, -0.05) is 12.8 Å². The van der Waals surface area contributed by atoms with Crippen molar-refractivity contribution in [3.8, 4) is 5.75 Å².